The maximum absolute atomic E-state index is 14.5. The summed E-state index contributed by atoms with van der Waals surface area (Å²) in [6.07, 6.45) is 4.86. The van der Waals surface area contributed by atoms with Crippen LogP contribution in [0.3, 0.4) is 0 Å². The third-order valence-electron chi connectivity index (χ3n) is 10.1. The Balaban J connectivity index is 0.948. The van der Waals surface area contributed by atoms with E-state index in [-0.39, 0.29) is 87.8 Å². The molecule has 0 N–H and O–H groups in total. The average molecular weight is 693 g/mol. The zero-order chi connectivity index (χ0) is 35.6. The van der Waals surface area contributed by atoms with Gasteiger partial charge in [-0.2, -0.15) is 4.39 Å². The second kappa shape index (κ2) is 14.6. The van der Waals surface area contributed by atoms with Crippen LogP contribution in [-0.4, -0.2) is 93.3 Å². The molecule has 0 unspecified atom stereocenters. The molecule has 6 rings (SSSR count). The van der Waals surface area contributed by atoms with Crippen molar-refractivity contribution in [3.05, 3.63) is 92.5 Å². The first kappa shape index (κ1) is 35.0. The summed E-state index contributed by atoms with van der Waals surface area (Å²) in [6, 6.07) is 8.66. The normalized spacial score (nSPS) is 25.9. The lowest BCUT2D eigenvalue weighted by molar-refractivity contribution is -0.146. The Kier molecular flexibility index (Phi) is 10.2. The molecule has 2 amide bonds. The highest BCUT2D eigenvalue weighted by Crippen LogP contribution is 2.49. The number of fused-ring (bicyclic) bond motifs is 3. The number of carbonyl (C=O) groups excluding carboxylic acids is 4. The van der Waals surface area contributed by atoms with E-state index in [0.717, 1.165) is 33.7 Å². The van der Waals surface area contributed by atoms with Crippen molar-refractivity contribution in [2.24, 2.45) is 5.92 Å². The van der Waals surface area contributed by atoms with Crippen molar-refractivity contribution in [2.45, 2.75) is 76.3 Å². The summed E-state index contributed by atoms with van der Waals surface area (Å²) in [5, 5.41) is 0. The molecule has 4 heterocycles. The highest BCUT2D eigenvalue weighted by Gasteiger charge is 2.61. The second-order valence-electron chi connectivity index (χ2n) is 13.5. The van der Waals surface area contributed by atoms with Gasteiger partial charge in [0.15, 0.2) is 0 Å². The molecule has 1 aliphatic carbocycles. The van der Waals surface area contributed by atoms with Gasteiger partial charge in [0.05, 0.1) is 24.8 Å². The second-order valence-corrected chi connectivity index (χ2v) is 13.5. The number of amides is 2. The molecule has 266 valence electrons. The molecule has 2 aromatic rings. The van der Waals surface area contributed by atoms with Crippen molar-refractivity contribution >= 4 is 23.8 Å². The van der Waals surface area contributed by atoms with Gasteiger partial charge in [0.1, 0.15) is 25.4 Å². The number of ether oxygens (including phenoxy) is 3. The van der Waals surface area contributed by atoms with Crippen LogP contribution in [0.5, 0.6) is 0 Å². The Hall–Kier alpha value is -4.85. The molecular weight excluding hydrogens is 651 g/mol. The molecule has 3 saturated heterocycles. The van der Waals surface area contributed by atoms with Crippen LogP contribution in [0.4, 0.5) is 4.39 Å². The van der Waals surface area contributed by atoms with Crippen LogP contribution in [0.25, 0.3) is 0 Å². The lowest BCUT2D eigenvalue weighted by Crippen LogP contribution is -2.52. The van der Waals surface area contributed by atoms with Crippen molar-refractivity contribution < 1.29 is 37.8 Å². The number of esters is 2. The molecule has 50 heavy (non-hydrogen) atoms. The minimum Gasteiger partial charge on any atom is -0.461 e. The number of rotatable bonds is 9. The molecule has 0 radical (unpaired) electrons. The molecule has 3 fully saturated rings. The van der Waals surface area contributed by atoms with E-state index >= 15 is 0 Å². The predicted octanol–water partition coefficient (Wildman–Crippen LogP) is 1.95. The van der Waals surface area contributed by atoms with Crippen LogP contribution in [-0.2, 0) is 46.5 Å². The fourth-order valence-corrected chi connectivity index (χ4v) is 6.95. The summed E-state index contributed by atoms with van der Waals surface area (Å²) in [4.78, 5) is 79.1. The van der Waals surface area contributed by atoms with Crippen molar-refractivity contribution in [3.8, 4) is 0 Å². The molecular formula is C36H41FN4O9. The zero-order valence-corrected chi connectivity index (χ0v) is 28.0. The van der Waals surface area contributed by atoms with E-state index in [1.165, 1.54) is 4.90 Å². The van der Waals surface area contributed by atoms with Crippen LogP contribution in [0, 0.1) is 11.7 Å². The quantitative estimate of drug-likeness (QED) is 0.166. The van der Waals surface area contributed by atoms with Crippen LogP contribution < -0.4 is 11.2 Å². The van der Waals surface area contributed by atoms with Gasteiger partial charge in [-0.1, -0.05) is 43.0 Å². The Morgan fingerprint density at radius 3 is 2.44 bits per heavy atom. The topological polar surface area (TPSA) is 150 Å². The van der Waals surface area contributed by atoms with E-state index in [1.807, 2.05) is 6.92 Å². The van der Waals surface area contributed by atoms with Gasteiger partial charge >= 0.3 is 17.6 Å². The van der Waals surface area contributed by atoms with Gasteiger partial charge in [-0.3, -0.25) is 28.3 Å². The number of carbonyl (C=O) groups is 4. The first-order chi connectivity index (χ1) is 23.9. The number of halogens is 1. The highest BCUT2D eigenvalue weighted by atomic mass is 19.1. The number of hydrogen-bond acceptors (Lipinski definition) is 9. The molecule has 0 spiro atoms. The number of aromatic nitrogens is 2. The van der Waals surface area contributed by atoms with E-state index in [1.54, 1.807) is 35.2 Å². The van der Waals surface area contributed by atoms with Gasteiger partial charge in [0.25, 0.3) is 5.56 Å². The van der Waals surface area contributed by atoms with Gasteiger partial charge in [-0.15, -0.1) is 0 Å². The number of piperazine rings is 1. The number of benzene rings is 1. The molecule has 1 aromatic heterocycles. The maximum atomic E-state index is 14.5. The molecule has 4 aliphatic rings. The smallest absolute Gasteiger partial charge is 0.334 e. The summed E-state index contributed by atoms with van der Waals surface area (Å²) in [7, 11) is 0. The molecule has 0 saturated carbocycles. The van der Waals surface area contributed by atoms with Gasteiger partial charge in [0, 0.05) is 44.1 Å². The number of allylic oxidation sites excluding steroid dienone is 1. The summed E-state index contributed by atoms with van der Waals surface area (Å²) in [5.74, 6) is -2.90. The van der Waals surface area contributed by atoms with Crippen LogP contribution in [0.2, 0.25) is 0 Å². The fourth-order valence-electron chi connectivity index (χ4n) is 6.95. The standard InChI is InChI=1S/C36H41FN4O9/c1-23-26-11-10-25(9-6-14-36(2)32(50-36)31(26)49-34(23)46)22-48-30(44)13-12-28(42)38-15-17-39(18-16-38)29(43)21-40-20-27(37)33(45)41(35(40)47)19-24-7-4-3-5-8-24/h3-5,7-9,20,26,31-32H,1,6,10-19,21-22H2,2H3/b25-9+/t26-,31-,32-,36+/m0/s1. The first-order valence-corrected chi connectivity index (χ1v) is 16.9. The number of hydrogen-bond donors (Lipinski definition) is 0. The summed E-state index contributed by atoms with van der Waals surface area (Å²) >= 11 is 0. The number of epoxide rings is 1. The first-order valence-electron chi connectivity index (χ1n) is 16.9. The summed E-state index contributed by atoms with van der Waals surface area (Å²) in [5.41, 5.74) is -0.220. The van der Waals surface area contributed by atoms with E-state index in [2.05, 4.69) is 12.7 Å². The Morgan fingerprint density at radius 2 is 1.72 bits per heavy atom. The number of nitrogens with zero attached hydrogens (tertiary/aromatic N) is 4. The van der Waals surface area contributed by atoms with Crippen molar-refractivity contribution in [1.82, 2.24) is 18.9 Å². The largest absolute Gasteiger partial charge is 0.461 e. The van der Waals surface area contributed by atoms with Gasteiger partial charge in [0.2, 0.25) is 17.6 Å². The monoisotopic (exact) mass is 692 g/mol. The average Bonchev–Trinajstić information content (AvgIpc) is 3.70. The Morgan fingerprint density at radius 1 is 1.02 bits per heavy atom. The minimum atomic E-state index is -1.14. The molecule has 4 atom stereocenters. The predicted molar refractivity (Wildman–Crippen MR) is 176 cm³/mol. The lowest BCUT2D eigenvalue weighted by Gasteiger charge is -2.35. The SMILES string of the molecule is C=C1C(=O)O[C@H]2[C@H]1CC/C(COC(=O)CCC(=O)N1CCN(C(=O)Cn3cc(F)c(=O)n(Cc4ccccc4)c3=O)CC1)=C\CC[C@@]1(C)O[C@@H]21. The van der Waals surface area contributed by atoms with Gasteiger partial charge in [-0.05, 0) is 43.7 Å². The van der Waals surface area contributed by atoms with Crippen molar-refractivity contribution in [3.63, 3.8) is 0 Å². The highest BCUT2D eigenvalue weighted by molar-refractivity contribution is 5.91. The van der Waals surface area contributed by atoms with E-state index in [0.29, 0.717) is 24.0 Å². The van der Waals surface area contributed by atoms with E-state index < -0.39 is 35.5 Å². The summed E-state index contributed by atoms with van der Waals surface area (Å²) < 4.78 is 33.1. The Bertz CT molecular complexity index is 1830. The molecule has 1 aromatic carbocycles. The zero-order valence-electron chi connectivity index (χ0n) is 28.0. The Labute approximate surface area is 287 Å². The fraction of sp³-hybridized carbons (Fsp3) is 0.500. The third kappa shape index (κ3) is 7.64. The lowest BCUT2D eigenvalue weighted by atomic mass is 9.84. The molecule has 0 bridgehead atoms. The minimum absolute atomic E-state index is 0.0520. The van der Waals surface area contributed by atoms with Crippen molar-refractivity contribution in [2.75, 3.05) is 32.8 Å². The van der Waals surface area contributed by atoms with Gasteiger partial charge < -0.3 is 24.0 Å². The molecule has 14 heteroatoms. The van der Waals surface area contributed by atoms with Gasteiger partial charge in [-0.25, -0.2) is 9.59 Å². The molecule has 3 aliphatic heterocycles. The van der Waals surface area contributed by atoms with Crippen LogP contribution in [0.1, 0.15) is 51.0 Å². The van der Waals surface area contributed by atoms with Crippen LogP contribution in [0.15, 0.2) is 69.9 Å². The van der Waals surface area contributed by atoms with Crippen molar-refractivity contribution in [1.29, 1.82) is 0 Å². The summed E-state index contributed by atoms with van der Waals surface area (Å²) in [6.45, 7) is 6.27. The van der Waals surface area contributed by atoms with E-state index in [4.69, 9.17) is 14.2 Å². The van der Waals surface area contributed by atoms with Crippen LogP contribution >= 0.6 is 0 Å². The maximum Gasteiger partial charge on any atom is 0.334 e. The van der Waals surface area contributed by atoms with E-state index in [9.17, 15) is 33.2 Å². The molecule has 13 nitrogen and oxygen atoms in total. The third-order valence-corrected chi connectivity index (χ3v) is 10.1.